The summed E-state index contributed by atoms with van der Waals surface area (Å²) in [6.07, 6.45) is 0. The summed E-state index contributed by atoms with van der Waals surface area (Å²) in [4.78, 5) is 60.1. The Kier molecular flexibility index (Phi) is 5.35. The van der Waals surface area contributed by atoms with Gasteiger partial charge in [0.05, 0.1) is 17.0 Å². The highest BCUT2D eigenvalue weighted by Gasteiger charge is 2.33. The van der Waals surface area contributed by atoms with Crippen LogP contribution in [0.5, 0.6) is 0 Å². The van der Waals surface area contributed by atoms with Crippen LogP contribution in [0.3, 0.4) is 0 Å². The molecule has 1 fully saturated rings. The highest BCUT2D eigenvalue weighted by Crippen LogP contribution is 2.32. The maximum absolute atomic E-state index is 12.9. The van der Waals surface area contributed by atoms with E-state index in [0.29, 0.717) is 22.2 Å². The Hall–Kier alpha value is -4.35. The van der Waals surface area contributed by atoms with Crippen molar-refractivity contribution in [3.05, 3.63) is 92.4 Å². The lowest BCUT2D eigenvalue weighted by molar-refractivity contribution is -0.115. The van der Waals surface area contributed by atoms with Crippen LogP contribution in [-0.2, 0) is 4.79 Å². The molecule has 0 saturated carbocycles. The summed E-state index contributed by atoms with van der Waals surface area (Å²) in [5, 5.41) is 3.26. The number of aliphatic imine (C=N–C) groups is 1. The maximum atomic E-state index is 12.9. The van der Waals surface area contributed by atoms with Gasteiger partial charge in [0.2, 0.25) is 5.91 Å². The van der Waals surface area contributed by atoms with Gasteiger partial charge < -0.3 is 8.83 Å². The number of hydrogen-bond donors (Lipinski definition) is 0. The lowest BCUT2D eigenvalue weighted by Gasteiger charge is -2.11. The summed E-state index contributed by atoms with van der Waals surface area (Å²) in [6, 6.07) is 17.0. The number of carbonyl (C=O) groups is 2. The Morgan fingerprint density at radius 2 is 1.58 bits per heavy atom. The summed E-state index contributed by atoms with van der Waals surface area (Å²) >= 11 is 2.17. The molecule has 11 heteroatoms. The first-order valence-electron chi connectivity index (χ1n) is 10.6. The van der Waals surface area contributed by atoms with Crippen molar-refractivity contribution in [2.75, 3.05) is 10.7 Å². The normalized spacial score (nSPS) is 14.8. The number of thiazole rings is 1. The van der Waals surface area contributed by atoms with E-state index in [-0.39, 0.29) is 33.1 Å². The van der Waals surface area contributed by atoms with Gasteiger partial charge in [0.25, 0.3) is 5.91 Å². The van der Waals surface area contributed by atoms with Gasteiger partial charge in [0.15, 0.2) is 10.3 Å². The van der Waals surface area contributed by atoms with Gasteiger partial charge in [-0.3, -0.25) is 9.59 Å². The van der Waals surface area contributed by atoms with Crippen LogP contribution in [0.25, 0.3) is 33.2 Å². The second-order valence-electron chi connectivity index (χ2n) is 7.70. The number of hydrogen-bond acceptors (Lipinski definition) is 9. The van der Waals surface area contributed by atoms with Crippen molar-refractivity contribution in [2.24, 2.45) is 4.99 Å². The number of fused-ring (bicyclic) bond motifs is 2. The zero-order valence-electron chi connectivity index (χ0n) is 18.2. The zero-order chi connectivity index (χ0) is 24.8. The van der Waals surface area contributed by atoms with Gasteiger partial charge in [-0.05, 0) is 24.3 Å². The Balaban J connectivity index is 1.36. The predicted molar refractivity (Wildman–Crippen MR) is 138 cm³/mol. The molecule has 2 aromatic carbocycles. The molecule has 4 heterocycles. The van der Waals surface area contributed by atoms with Gasteiger partial charge in [0.1, 0.15) is 16.7 Å². The number of thioether (sulfide) groups is 1. The molecule has 0 aliphatic carbocycles. The van der Waals surface area contributed by atoms with E-state index in [1.165, 1.54) is 11.0 Å². The van der Waals surface area contributed by atoms with Crippen LogP contribution in [0.1, 0.15) is 10.4 Å². The van der Waals surface area contributed by atoms with Crippen LogP contribution >= 0.6 is 23.1 Å². The standard InChI is InChI=1S/C25H13N3O6S2/c29-20-12-36-25(27-21(30)16-10-14-6-2-4-8-19(14)34-23(16)32)28(20)24-26-17(11-35-24)15-9-13-5-1-3-7-18(13)33-22(15)31/h1-11H,12H2. The van der Waals surface area contributed by atoms with Gasteiger partial charge in [-0.1, -0.05) is 48.2 Å². The van der Waals surface area contributed by atoms with E-state index < -0.39 is 17.2 Å². The molecule has 1 aliphatic heterocycles. The number of rotatable bonds is 3. The fourth-order valence-corrected chi connectivity index (χ4v) is 5.47. The molecule has 0 atom stereocenters. The van der Waals surface area contributed by atoms with Crippen molar-refractivity contribution in [3.63, 3.8) is 0 Å². The van der Waals surface area contributed by atoms with Crippen molar-refractivity contribution in [2.45, 2.75) is 0 Å². The summed E-state index contributed by atoms with van der Waals surface area (Å²) in [7, 11) is 0. The molecule has 1 aliphatic rings. The number of anilines is 1. The molecular formula is C25H13N3O6S2. The van der Waals surface area contributed by atoms with Crippen molar-refractivity contribution >= 4 is 67.2 Å². The number of amidine groups is 1. The first-order valence-corrected chi connectivity index (χ1v) is 12.4. The van der Waals surface area contributed by atoms with E-state index in [4.69, 9.17) is 8.83 Å². The molecule has 1 saturated heterocycles. The lowest BCUT2D eigenvalue weighted by atomic mass is 10.1. The highest BCUT2D eigenvalue weighted by molar-refractivity contribution is 8.15. The first kappa shape index (κ1) is 22.1. The van der Waals surface area contributed by atoms with Gasteiger partial charge in [-0.25, -0.2) is 19.5 Å². The van der Waals surface area contributed by atoms with Crippen LogP contribution in [0, 0.1) is 0 Å². The predicted octanol–water partition coefficient (Wildman–Crippen LogP) is 4.30. The van der Waals surface area contributed by atoms with Crippen LogP contribution in [0.15, 0.2) is 89.5 Å². The number of para-hydroxylation sites is 2. The topological polar surface area (TPSA) is 123 Å². The molecule has 0 radical (unpaired) electrons. The minimum absolute atomic E-state index is 0.0471. The summed E-state index contributed by atoms with van der Waals surface area (Å²) in [5.74, 6) is -1.11. The Labute approximate surface area is 209 Å². The quantitative estimate of drug-likeness (QED) is 0.326. The molecule has 5 aromatic rings. The molecule has 0 N–H and O–H groups in total. The SMILES string of the molecule is O=C(N=C1SCC(=O)N1c1nc(-c2cc3ccccc3oc2=O)cs1)c1cc2ccccc2oc1=O. The average Bonchev–Trinajstić information content (AvgIpc) is 3.49. The highest BCUT2D eigenvalue weighted by atomic mass is 32.2. The number of carbonyl (C=O) groups excluding carboxylic acids is 2. The Bertz CT molecular complexity index is 1850. The molecule has 6 rings (SSSR count). The van der Waals surface area contributed by atoms with Crippen LogP contribution in [0.4, 0.5) is 5.13 Å². The van der Waals surface area contributed by atoms with Crippen LogP contribution < -0.4 is 16.2 Å². The van der Waals surface area contributed by atoms with Crippen LogP contribution in [-0.4, -0.2) is 27.7 Å². The molecule has 0 bridgehead atoms. The Morgan fingerprint density at radius 1 is 0.917 bits per heavy atom. The van der Waals surface area contributed by atoms with E-state index in [1.807, 2.05) is 12.1 Å². The second-order valence-corrected chi connectivity index (χ2v) is 9.48. The zero-order valence-corrected chi connectivity index (χ0v) is 19.8. The molecule has 36 heavy (non-hydrogen) atoms. The molecule has 3 aromatic heterocycles. The van der Waals surface area contributed by atoms with Crippen molar-refractivity contribution in [1.82, 2.24) is 4.98 Å². The molecule has 0 spiro atoms. The number of benzene rings is 2. The number of nitrogens with zero attached hydrogens (tertiary/aromatic N) is 3. The Morgan fingerprint density at radius 3 is 2.33 bits per heavy atom. The average molecular weight is 516 g/mol. The van der Waals surface area contributed by atoms with Crippen molar-refractivity contribution < 1.29 is 18.4 Å². The van der Waals surface area contributed by atoms with E-state index in [9.17, 15) is 19.2 Å². The summed E-state index contributed by atoms with van der Waals surface area (Å²) in [5.41, 5.74) is -0.219. The van der Waals surface area contributed by atoms with Gasteiger partial charge in [0, 0.05) is 16.2 Å². The second kappa shape index (κ2) is 8.70. The smallest absolute Gasteiger partial charge is 0.349 e. The third-order valence-corrected chi connectivity index (χ3v) is 7.18. The minimum atomic E-state index is -0.830. The van der Waals surface area contributed by atoms with E-state index in [2.05, 4.69) is 9.98 Å². The monoisotopic (exact) mass is 515 g/mol. The number of amides is 2. The fraction of sp³-hybridized carbons (Fsp3) is 0.0400. The van der Waals surface area contributed by atoms with E-state index >= 15 is 0 Å². The summed E-state index contributed by atoms with van der Waals surface area (Å²) < 4.78 is 10.6. The van der Waals surface area contributed by atoms with Crippen molar-refractivity contribution in [1.29, 1.82) is 0 Å². The molecular weight excluding hydrogens is 502 g/mol. The minimum Gasteiger partial charge on any atom is -0.422 e. The third kappa shape index (κ3) is 3.84. The largest absolute Gasteiger partial charge is 0.422 e. The molecule has 176 valence electrons. The maximum Gasteiger partial charge on any atom is 0.349 e. The first-order chi connectivity index (χ1) is 17.5. The van der Waals surface area contributed by atoms with Crippen molar-refractivity contribution in [3.8, 4) is 11.3 Å². The lowest BCUT2D eigenvalue weighted by Crippen LogP contribution is -2.30. The van der Waals surface area contributed by atoms with E-state index in [1.54, 1.807) is 47.8 Å². The summed E-state index contributed by atoms with van der Waals surface area (Å²) in [6.45, 7) is 0. The molecule has 0 unspecified atom stereocenters. The fourth-order valence-electron chi connectivity index (χ4n) is 3.72. The third-order valence-electron chi connectivity index (χ3n) is 5.44. The van der Waals surface area contributed by atoms with Gasteiger partial charge >= 0.3 is 11.3 Å². The van der Waals surface area contributed by atoms with Gasteiger partial charge in [-0.2, -0.15) is 4.99 Å². The molecule has 9 nitrogen and oxygen atoms in total. The molecule has 2 amide bonds. The van der Waals surface area contributed by atoms with Crippen LogP contribution in [0.2, 0.25) is 0 Å². The number of aromatic nitrogens is 1. The van der Waals surface area contributed by atoms with E-state index in [0.717, 1.165) is 28.5 Å². The van der Waals surface area contributed by atoms with Gasteiger partial charge in [-0.15, -0.1) is 11.3 Å².